The number of hydrogen-bond acceptors (Lipinski definition) is 9. The Balaban J connectivity index is 0.000000177. The number of carbonyl (C=O) groups excluding carboxylic acids is 3. The van der Waals surface area contributed by atoms with E-state index in [1.54, 1.807) is 12.3 Å². The maximum atomic E-state index is 11.7. The topological polar surface area (TPSA) is 226 Å². The standard InChI is InChI=1S/3C13H15NO2.C13H17NO.C13H15NO.C13H19N.CH4/c1-13(2,3)8-4-5-10-9(6-8)11(15)7-12(16)14-10;1-13(2,3)8-4-5-9-10(6-8)12(16)14-7-11(9)15;1-13(2,3)8-4-5-9-10(6-8)14-12(16)7-11(9)15;2*1-13(2,3)10-5-4-9-6-7-14-12(15)11(9)8-10;1-13(2,3)12-5-4-11-9-14-7-6-10(11)8-12;/h4-7H,1-3H3,(H2,14,15,16);4-6H,7H2,1-3H3,(H,14,16);4-7H,1-3H3,(H2,14,15,16);4-5,8H,6-7H2,1-3H3,(H,14,15);4-8H,1-3H3,(H,14,15);4-5,8,14H,6-7,9H2,1-3H3;1H4. The fourth-order valence-corrected chi connectivity index (χ4v) is 10.7. The number of aromatic amines is 3. The Morgan fingerprint density at radius 2 is 0.817 bits per heavy atom. The lowest BCUT2D eigenvalue weighted by molar-refractivity contribution is 0.0877. The summed E-state index contributed by atoms with van der Waals surface area (Å²) in [6.07, 6.45) is 3.81. The molecule has 12 rings (SSSR count). The van der Waals surface area contributed by atoms with E-state index in [-0.39, 0.29) is 92.2 Å². The van der Waals surface area contributed by atoms with Gasteiger partial charge in [0.15, 0.2) is 5.78 Å². The first-order valence-corrected chi connectivity index (χ1v) is 31.7. The molecular weight excluding hydrogens is 1160 g/mol. The Kier molecular flexibility index (Phi) is 22.8. The summed E-state index contributed by atoms with van der Waals surface area (Å²) in [5.74, 6) is -0.0397. The largest absolute Gasteiger partial charge is 0.507 e. The first-order chi connectivity index (χ1) is 42.7. The highest BCUT2D eigenvalue weighted by Crippen LogP contribution is 2.32. The summed E-state index contributed by atoms with van der Waals surface area (Å²) in [4.78, 5) is 77.0. The number of pyridine rings is 3. The van der Waals surface area contributed by atoms with E-state index in [1.165, 1.54) is 51.9 Å². The molecule has 0 saturated heterocycles. The van der Waals surface area contributed by atoms with E-state index in [2.05, 4.69) is 192 Å². The van der Waals surface area contributed by atoms with Crippen molar-refractivity contribution in [2.75, 3.05) is 19.6 Å². The van der Waals surface area contributed by atoms with E-state index in [4.69, 9.17) is 0 Å². The fraction of sp³-hybridized carbons (Fsp3) is 0.392. The second kappa shape index (κ2) is 29.0. The number of benzene rings is 6. The van der Waals surface area contributed by atoms with E-state index in [9.17, 15) is 39.0 Å². The molecule has 3 aliphatic heterocycles. The molecule has 0 aliphatic carbocycles. The van der Waals surface area contributed by atoms with Crippen LogP contribution in [0.25, 0.3) is 32.6 Å². The van der Waals surface area contributed by atoms with Crippen LogP contribution in [-0.4, -0.2) is 62.4 Å². The average Bonchev–Trinajstić information content (AvgIpc) is 1.23. The quantitative estimate of drug-likeness (QED) is 0.0722. The van der Waals surface area contributed by atoms with Gasteiger partial charge in [0.1, 0.15) is 11.5 Å². The molecule has 2 amide bonds. The molecule has 0 radical (unpaired) electrons. The zero-order chi connectivity index (χ0) is 68.1. The third-order valence-corrected chi connectivity index (χ3v) is 16.7. The predicted molar refractivity (Wildman–Crippen MR) is 383 cm³/mol. The van der Waals surface area contributed by atoms with Crippen molar-refractivity contribution in [2.24, 2.45) is 0 Å². The molecule has 14 heteroatoms. The molecule has 93 heavy (non-hydrogen) atoms. The van der Waals surface area contributed by atoms with Crippen LogP contribution in [0.2, 0.25) is 0 Å². The van der Waals surface area contributed by atoms with Gasteiger partial charge < -0.3 is 41.1 Å². The zero-order valence-electron chi connectivity index (χ0n) is 57.3. The molecule has 14 nitrogen and oxygen atoms in total. The van der Waals surface area contributed by atoms with Gasteiger partial charge >= 0.3 is 0 Å². The van der Waals surface area contributed by atoms with Gasteiger partial charge in [0.05, 0.1) is 23.1 Å². The SMILES string of the molecule is C.CC(C)(C)c1ccc2[nH]c(=O)cc(O)c2c1.CC(C)(C)c1ccc2c(O)cc(=O)[nH]c2c1.CC(C)(C)c1ccc2c(c1)C(=O)NCC2.CC(C)(C)c1ccc2c(c1)C(=O)NCC2=O.CC(C)(C)c1ccc2c(c1)CCNC2.CC(C)(C)c1ccc2cc[nH]c(=O)c2c1. The monoisotopic (exact) mass is 1260 g/mol. The van der Waals surface area contributed by atoms with Gasteiger partial charge in [0, 0.05) is 58.7 Å². The van der Waals surface area contributed by atoms with Crippen LogP contribution in [0.15, 0.2) is 148 Å². The van der Waals surface area contributed by atoms with Crippen molar-refractivity contribution in [3.63, 3.8) is 0 Å². The molecule has 3 aromatic heterocycles. The van der Waals surface area contributed by atoms with Gasteiger partial charge in [0.25, 0.3) is 28.5 Å². The van der Waals surface area contributed by atoms with Crippen molar-refractivity contribution < 1.29 is 24.6 Å². The molecule has 8 N–H and O–H groups in total. The normalized spacial score (nSPS) is 13.8. The maximum absolute atomic E-state index is 11.7. The van der Waals surface area contributed by atoms with Crippen LogP contribution in [-0.2, 0) is 51.9 Å². The average molecular weight is 1260 g/mol. The highest BCUT2D eigenvalue weighted by atomic mass is 16.3. The molecule has 0 spiro atoms. The number of amides is 2. The van der Waals surface area contributed by atoms with Crippen LogP contribution < -0.4 is 32.6 Å². The van der Waals surface area contributed by atoms with Gasteiger partial charge in [-0.2, -0.15) is 0 Å². The van der Waals surface area contributed by atoms with Gasteiger partial charge in [-0.1, -0.05) is 199 Å². The first kappa shape index (κ1) is 73.2. The summed E-state index contributed by atoms with van der Waals surface area (Å²) in [6.45, 7) is 41.7. The molecule has 6 aromatic carbocycles. The lowest BCUT2D eigenvalue weighted by Crippen LogP contribution is -2.36. The minimum atomic E-state index is -0.284. The molecule has 9 aromatic rings. The van der Waals surface area contributed by atoms with Crippen LogP contribution >= 0.6 is 0 Å². The van der Waals surface area contributed by atoms with E-state index in [0.29, 0.717) is 32.9 Å². The van der Waals surface area contributed by atoms with E-state index >= 15 is 0 Å². The van der Waals surface area contributed by atoms with Gasteiger partial charge in [-0.25, -0.2) is 0 Å². The van der Waals surface area contributed by atoms with Crippen LogP contribution in [0.1, 0.15) is 213 Å². The number of aromatic hydroxyl groups is 2. The number of aromatic nitrogens is 3. The summed E-state index contributed by atoms with van der Waals surface area (Å²) >= 11 is 0. The predicted octanol–water partition coefficient (Wildman–Crippen LogP) is 15.3. The van der Waals surface area contributed by atoms with Crippen molar-refractivity contribution in [1.82, 2.24) is 30.9 Å². The summed E-state index contributed by atoms with van der Waals surface area (Å²) < 4.78 is 0. The molecule has 0 fully saturated rings. The third kappa shape index (κ3) is 19.1. The molecule has 0 atom stereocenters. The number of fused-ring (bicyclic) bond motifs is 6. The Morgan fingerprint density at radius 1 is 0.366 bits per heavy atom. The van der Waals surface area contributed by atoms with Gasteiger partial charge in [-0.3, -0.25) is 28.8 Å². The summed E-state index contributed by atoms with van der Waals surface area (Å²) in [5.41, 5.74) is 14.5. The number of H-pyrrole nitrogens is 3. The van der Waals surface area contributed by atoms with Crippen LogP contribution in [0.4, 0.5) is 0 Å². The van der Waals surface area contributed by atoms with Crippen LogP contribution in [0.3, 0.4) is 0 Å². The van der Waals surface area contributed by atoms with Crippen LogP contribution in [0, 0.1) is 0 Å². The van der Waals surface area contributed by atoms with E-state index in [0.717, 1.165) is 59.1 Å². The molecule has 0 saturated carbocycles. The van der Waals surface area contributed by atoms with Crippen molar-refractivity contribution >= 4 is 50.2 Å². The number of nitrogens with one attached hydrogen (secondary N) is 6. The maximum Gasteiger partial charge on any atom is 0.255 e. The number of ketones is 1. The molecule has 494 valence electrons. The van der Waals surface area contributed by atoms with Crippen molar-refractivity contribution in [1.29, 1.82) is 0 Å². The Morgan fingerprint density at radius 3 is 1.41 bits per heavy atom. The molecule has 0 unspecified atom stereocenters. The Bertz CT molecular complexity index is 4370. The van der Waals surface area contributed by atoms with Crippen molar-refractivity contribution in [2.45, 2.75) is 184 Å². The van der Waals surface area contributed by atoms with E-state index in [1.807, 2.05) is 72.8 Å². The minimum Gasteiger partial charge on any atom is -0.507 e. The second-order valence-corrected chi connectivity index (χ2v) is 30.3. The summed E-state index contributed by atoms with van der Waals surface area (Å²) in [7, 11) is 0. The minimum absolute atomic E-state index is 0. The Labute approximate surface area is 549 Å². The zero-order valence-corrected chi connectivity index (χ0v) is 57.3. The molecular formula is C79H100N6O8. The number of Topliss-reactive ketones (excluding diaryl/α,β-unsaturated/α-hetero) is 1. The fourth-order valence-electron chi connectivity index (χ4n) is 10.7. The number of hydrogen-bond donors (Lipinski definition) is 8. The third-order valence-electron chi connectivity index (χ3n) is 16.7. The molecule has 0 bridgehead atoms. The highest BCUT2D eigenvalue weighted by molar-refractivity contribution is 6.13. The van der Waals surface area contributed by atoms with Crippen molar-refractivity contribution in [3.8, 4) is 11.5 Å². The molecule has 6 heterocycles. The van der Waals surface area contributed by atoms with E-state index < -0.39 is 0 Å². The smallest absolute Gasteiger partial charge is 0.255 e. The molecule has 3 aliphatic rings. The highest BCUT2D eigenvalue weighted by Gasteiger charge is 2.26. The summed E-state index contributed by atoms with van der Waals surface area (Å²) in [6, 6.07) is 40.5. The van der Waals surface area contributed by atoms with Gasteiger partial charge in [0.2, 0.25) is 0 Å². The number of rotatable bonds is 0. The second-order valence-electron chi connectivity index (χ2n) is 30.3. The van der Waals surface area contributed by atoms with Gasteiger partial charge in [-0.15, -0.1) is 0 Å². The lowest BCUT2D eigenvalue weighted by Gasteiger charge is -2.23. The van der Waals surface area contributed by atoms with Crippen LogP contribution in [0.5, 0.6) is 11.5 Å². The number of carbonyl (C=O) groups is 3. The van der Waals surface area contributed by atoms with Gasteiger partial charge in [-0.05, 0) is 156 Å². The van der Waals surface area contributed by atoms with Crippen molar-refractivity contribution in [3.05, 3.63) is 231 Å². The lowest BCUT2D eigenvalue weighted by atomic mass is 9.84. The first-order valence-electron chi connectivity index (χ1n) is 31.7. The summed E-state index contributed by atoms with van der Waals surface area (Å²) in [5, 5.41) is 31.3. The Hall–Kier alpha value is -8.88.